The van der Waals surface area contributed by atoms with E-state index in [0.29, 0.717) is 11.5 Å². The van der Waals surface area contributed by atoms with Gasteiger partial charge >= 0.3 is 11.9 Å². The summed E-state index contributed by atoms with van der Waals surface area (Å²) in [6.07, 6.45) is 11.8. The number of aryl methyl sites for hydroxylation is 4. The summed E-state index contributed by atoms with van der Waals surface area (Å²) in [5, 5.41) is 0. The van der Waals surface area contributed by atoms with Gasteiger partial charge in [-0.25, -0.2) is 0 Å². The first-order valence-electron chi connectivity index (χ1n) is 15.1. The monoisotopic (exact) mass is 530 g/mol. The molecule has 0 heterocycles. The van der Waals surface area contributed by atoms with E-state index in [4.69, 9.17) is 9.47 Å². The van der Waals surface area contributed by atoms with Crippen LogP contribution in [0.3, 0.4) is 0 Å². The quantitative estimate of drug-likeness (QED) is 0.158. The molecule has 2 aromatic carbocycles. The molecule has 0 amide bonds. The second kappa shape index (κ2) is 12.5. The third-order valence-corrected chi connectivity index (χ3v) is 8.75. The van der Waals surface area contributed by atoms with Gasteiger partial charge in [-0.1, -0.05) is 104 Å². The van der Waals surface area contributed by atoms with Crippen molar-refractivity contribution < 1.29 is 19.1 Å². The second-order valence-corrected chi connectivity index (χ2v) is 12.0. The molecule has 0 aromatic heterocycles. The Morgan fingerprint density at radius 3 is 1.38 bits per heavy atom. The van der Waals surface area contributed by atoms with Gasteiger partial charge in [0.1, 0.15) is 11.5 Å². The van der Waals surface area contributed by atoms with Crippen LogP contribution in [0.2, 0.25) is 0 Å². The van der Waals surface area contributed by atoms with Gasteiger partial charge in [-0.15, -0.1) is 0 Å². The lowest BCUT2D eigenvalue weighted by atomic mass is 9.79. The highest BCUT2D eigenvalue weighted by Crippen LogP contribution is 2.60. The third-order valence-electron chi connectivity index (χ3n) is 8.75. The summed E-state index contributed by atoms with van der Waals surface area (Å²) >= 11 is 0. The molecular weight excluding hydrogens is 484 g/mol. The molecule has 4 rings (SSSR count). The van der Waals surface area contributed by atoms with Crippen LogP contribution >= 0.6 is 0 Å². The maximum atomic E-state index is 13.9. The standard InChI is InChI=1S/C35H46O4/c1-7-11-23-15-17-25(13-9-3)29(21-23)38-33(36)31-27-19-20-28(35(27,5)6)32(31)34(37)39-30-22-24(12-8-2)16-18-26(30)14-10-4/h15-22,27-28,31-32H,7-14H2,1-6H3. The Morgan fingerprint density at radius 1 is 0.641 bits per heavy atom. The Kier molecular flexibility index (Phi) is 9.35. The fraction of sp³-hybridized carbons (Fsp3) is 0.543. The summed E-state index contributed by atoms with van der Waals surface area (Å²) in [4.78, 5) is 27.9. The van der Waals surface area contributed by atoms with Crippen molar-refractivity contribution in [3.63, 3.8) is 0 Å². The van der Waals surface area contributed by atoms with Gasteiger partial charge in [-0.2, -0.15) is 0 Å². The number of carbonyl (C=O) groups excluding carboxylic acids is 2. The molecule has 2 bridgehead atoms. The molecule has 210 valence electrons. The summed E-state index contributed by atoms with van der Waals surface area (Å²) < 4.78 is 12.4. The maximum Gasteiger partial charge on any atom is 0.315 e. The van der Waals surface area contributed by atoms with Crippen LogP contribution in [0.1, 0.15) is 89.5 Å². The van der Waals surface area contributed by atoms with Crippen LogP contribution in [-0.2, 0) is 35.3 Å². The van der Waals surface area contributed by atoms with Crippen LogP contribution in [0.25, 0.3) is 0 Å². The van der Waals surface area contributed by atoms with Gasteiger partial charge in [0.25, 0.3) is 0 Å². The van der Waals surface area contributed by atoms with Gasteiger partial charge in [-0.05, 0) is 77.3 Å². The van der Waals surface area contributed by atoms with Crippen LogP contribution in [0.5, 0.6) is 11.5 Å². The first-order valence-corrected chi connectivity index (χ1v) is 15.1. The number of fused-ring (bicyclic) bond motifs is 2. The number of carbonyl (C=O) groups is 2. The maximum absolute atomic E-state index is 13.9. The normalized spacial score (nSPS) is 22.7. The predicted molar refractivity (Wildman–Crippen MR) is 157 cm³/mol. The number of esters is 2. The zero-order chi connectivity index (χ0) is 28.2. The lowest BCUT2D eigenvalue weighted by Crippen LogP contribution is -2.37. The fourth-order valence-corrected chi connectivity index (χ4v) is 6.74. The molecule has 4 heteroatoms. The van der Waals surface area contributed by atoms with E-state index in [1.807, 2.05) is 12.1 Å². The summed E-state index contributed by atoms with van der Waals surface area (Å²) in [5.74, 6) is -0.627. The Labute approximate surface area is 235 Å². The average molecular weight is 531 g/mol. The van der Waals surface area contributed by atoms with Crippen molar-refractivity contribution in [3.8, 4) is 11.5 Å². The van der Waals surface area contributed by atoms with Crippen molar-refractivity contribution in [1.82, 2.24) is 0 Å². The minimum absolute atomic E-state index is 0.0671. The van der Waals surface area contributed by atoms with Crippen LogP contribution in [0.4, 0.5) is 0 Å². The van der Waals surface area contributed by atoms with Gasteiger partial charge in [0.2, 0.25) is 0 Å². The second-order valence-electron chi connectivity index (χ2n) is 12.0. The zero-order valence-electron chi connectivity index (χ0n) is 24.7. The first-order chi connectivity index (χ1) is 18.7. The van der Waals surface area contributed by atoms with Gasteiger partial charge < -0.3 is 9.47 Å². The van der Waals surface area contributed by atoms with Crippen molar-refractivity contribution in [3.05, 3.63) is 70.8 Å². The highest BCUT2D eigenvalue weighted by Gasteiger charge is 2.62. The molecule has 39 heavy (non-hydrogen) atoms. The SMILES string of the molecule is CCCc1ccc(CCC)c(OC(=O)C2C(C(=O)Oc3cc(CCC)ccc3CCC)C3C=CC2C3(C)C)c1. The van der Waals surface area contributed by atoms with Crippen LogP contribution in [-0.4, -0.2) is 11.9 Å². The molecule has 1 fully saturated rings. The molecule has 0 saturated heterocycles. The van der Waals surface area contributed by atoms with Crippen LogP contribution < -0.4 is 9.47 Å². The van der Waals surface area contributed by atoms with Crippen LogP contribution in [0.15, 0.2) is 48.6 Å². The van der Waals surface area contributed by atoms with E-state index in [9.17, 15) is 9.59 Å². The number of benzene rings is 2. The Hall–Kier alpha value is -2.88. The first kappa shape index (κ1) is 29.1. The molecule has 0 aliphatic heterocycles. The Balaban J connectivity index is 1.64. The largest absolute Gasteiger partial charge is 0.426 e. The molecule has 2 aliphatic carbocycles. The van der Waals surface area contributed by atoms with E-state index in [-0.39, 0.29) is 29.2 Å². The molecule has 2 aromatic rings. The minimum atomic E-state index is -0.569. The summed E-state index contributed by atoms with van der Waals surface area (Å²) in [5.41, 5.74) is 4.19. The van der Waals surface area contributed by atoms with E-state index in [1.165, 1.54) is 11.1 Å². The fourth-order valence-electron chi connectivity index (χ4n) is 6.74. The van der Waals surface area contributed by atoms with Crippen LogP contribution in [0, 0.1) is 29.1 Å². The van der Waals surface area contributed by atoms with Crippen molar-refractivity contribution in [2.24, 2.45) is 29.1 Å². The van der Waals surface area contributed by atoms with Gasteiger partial charge in [-0.3, -0.25) is 9.59 Å². The minimum Gasteiger partial charge on any atom is -0.426 e. The third kappa shape index (κ3) is 6.00. The molecule has 0 spiro atoms. The summed E-state index contributed by atoms with van der Waals surface area (Å²) in [6.45, 7) is 12.9. The summed E-state index contributed by atoms with van der Waals surface area (Å²) in [6, 6.07) is 12.5. The smallest absolute Gasteiger partial charge is 0.315 e. The lowest BCUT2D eigenvalue weighted by molar-refractivity contribution is -0.151. The zero-order valence-corrected chi connectivity index (χ0v) is 24.7. The predicted octanol–water partition coefficient (Wildman–Crippen LogP) is 8.08. The molecule has 0 radical (unpaired) electrons. The molecule has 1 saturated carbocycles. The average Bonchev–Trinajstić information content (AvgIpc) is 3.32. The van der Waals surface area contributed by atoms with E-state index in [2.05, 4.69) is 78.0 Å². The Morgan fingerprint density at radius 2 is 1.03 bits per heavy atom. The number of hydrogen-bond donors (Lipinski definition) is 0. The van der Waals surface area contributed by atoms with Gasteiger partial charge in [0.15, 0.2) is 0 Å². The summed E-state index contributed by atoms with van der Waals surface area (Å²) in [7, 11) is 0. The van der Waals surface area contributed by atoms with Gasteiger partial charge in [0, 0.05) is 0 Å². The van der Waals surface area contributed by atoms with E-state index < -0.39 is 11.8 Å². The number of rotatable bonds is 12. The van der Waals surface area contributed by atoms with E-state index in [0.717, 1.165) is 62.5 Å². The number of allylic oxidation sites excluding steroid dienone is 2. The molecule has 4 unspecified atom stereocenters. The van der Waals surface area contributed by atoms with E-state index >= 15 is 0 Å². The molecule has 2 aliphatic rings. The molecule has 4 atom stereocenters. The Bertz CT molecular complexity index is 1120. The highest BCUT2D eigenvalue weighted by molar-refractivity contribution is 5.87. The van der Waals surface area contributed by atoms with Crippen molar-refractivity contribution in [2.45, 2.75) is 92.9 Å². The number of hydrogen-bond acceptors (Lipinski definition) is 4. The van der Waals surface area contributed by atoms with Gasteiger partial charge in [0.05, 0.1) is 11.8 Å². The van der Waals surface area contributed by atoms with Crippen molar-refractivity contribution in [1.29, 1.82) is 0 Å². The van der Waals surface area contributed by atoms with Crippen molar-refractivity contribution >= 4 is 11.9 Å². The number of ether oxygens (including phenoxy) is 2. The highest BCUT2D eigenvalue weighted by atomic mass is 16.5. The van der Waals surface area contributed by atoms with E-state index in [1.54, 1.807) is 0 Å². The lowest BCUT2D eigenvalue weighted by Gasteiger charge is -2.25. The molecular formula is C35H46O4. The van der Waals surface area contributed by atoms with Crippen molar-refractivity contribution in [2.75, 3.05) is 0 Å². The molecule has 4 nitrogen and oxygen atoms in total. The molecule has 0 N–H and O–H groups in total. The topological polar surface area (TPSA) is 52.6 Å².